The molecule has 1 heterocycles. The summed E-state index contributed by atoms with van der Waals surface area (Å²) in [4.78, 5) is 27.4. The SMILES string of the molecule is CC[C@@H](NC(=O)CN1C(=O)c2cccc3cccc1c23)c1ccc(S(C)(=O)=O)cc1. The Morgan fingerprint density at radius 2 is 1.70 bits per heavy atom. The second kappa shape index (κ2) is 7.57. The molecule has 0 unspecified atom stereocenters. The van der Waals surface area contributed by atoms with E-state index in [1.165, 1.54) is 4.90 Å². The fourth-order valence-electron chi connectivity index (χ4n) is 3.89. The van der Waals surface area contributed by atoms with Crippen molar-refractivity contribution < 1.29 is 18.0 Å². The summed E-state index contributed by atoms with van der Waals surface area (Å²) in [7, 11) is -3.27. The molecule has 1 aliphatic heterocycles. The number of carbonyl (C=O) groups excluding carboxylic acids is 2. The highest BCUT2D eigenvalue weighted by atomic mass is 32.2. The van der Waals surface area contributed by atoms with Crippen molar-refractivity contribution in [1.29, 1.82) is 0 Å². The Morgan fingerprint density at radius 3 is 2.33 bits per heavy atom. The molecule has 0 aromatic heterocycles. The lowest BCUT2D eigenvalue weighted by Crippen LogP contribution is -2.40. The van der Waals surface area contributed by atoms with Crippen molar-refractivity contribution in [2.24, 2.45) is 0 Å². The number of rotatable bonds is 6. The van der Waals surface area contributed by atoms with Gasteiger partial charge in [0.1, 0.15) is 6.54 Å². The van der Waals surface area contributed by atoms with Crippen molar-refractivity contribution in [1.82, 2.24) is 5.32 Å². The Balaban J connectivity index is 1.52. The molecule has 1 aliphatic rings. The second-order valence-electron chi connectivity index (χ2n) is 7.44. The zero-order valence-corrected chi connectivity index (χ0v) is 17.6. The molecular weight excluding hydrogens is 400 g/mol. The van der Waals surface area contributed by atoms with Gasteiger partial charge in [-0.2, -0.15) is 0 Å². The van der Waals surface area contributed by atoms with E-state index in [-0.39, 0.29) is 29.3 Å². The van der Waals surface area contributed by atoms with Gasteiger partial charge in [-0.15, -0.1) is 0 Å². The highest BCUT2D eigenvalue weighted by Crippen LogP contribution is 2.36. The molecule has 0 radical (unpaired) electrons. The Bertz CT molecular complexity index is 1240. The van der Waals surface area contributed by atoms with Crippen LogP contribution in [-0.4, -0.2) is 33.0 Å². The van der Waals surface area contributed by atoms with Crippen LogP contribution in [0.2, 0.25) is 0 Å². The van der Waals surface area contributed by atoms with Gasteiger partial charge in [0.2, 0.25) is 5.91 Å². The van der Waals surface area contributed by atoms with Crippen LogP contribution in [0.3, 0.4) is 0 Å². The zero-order chi connectivity index (χ0) is 21.5. The number of nitrogens with one attached hydrogen (secondary N) is 1. The van der Waals surface area contributed by atoms with Crippen LogP contribution in [0.15, 0.2) is 65.6 Å². The topological polar surface area (TPSA) is 83.6 Å². The van der Waals surface area contributed by atoms with Gasteiger partial charge in [-0.05, 0) is 41.6 Å². The zero-order valence-electron chi connectivity index (χ0n) is 16.8. The fraction of sp³-hybridized carbons (Fsp3) is 0.217. The van der Waals surface area contributed by atoms with E-state index in [0.29, 0.717) is 12.0 Å². The van der Waals surface area contributed by atoms with Crippen LogP contribution in [0.5, 0.6) is 0 Å². The van der Waals surface area contributed by atoms with Crippen LogP contribution in [0.25, 0.3) is 10.8 Å². The molecular formula is C23H22N2O4S. The Labute approximate surface area is 175 Å². The number of carbonyl (C=O) groups is 2. The first-order chi connectivity index (χ1) is 14.3. The Kier molecular flexibility index (Phi) is 5.07. The first-order valence-electron chi connectivity index (χ1n) is 9.72. The summed E-state index contributed by atoms with van der Waals surface area (Å²) < 4.78 is 23.3. The van der Waals surface area contributed by atoms with E-state index in [1.807, 2.05) is 37.3 Å². The molecule has 3 aromatic carbocycles. The maximum absolute atomic E-state index is 12.9. The van der Waals surface area contributed by atoms with Crippen LogP contribution in [0, 0.1) is 0 Å². The van der Waals surface area contributed by atoms with Gasteiger partial charge >= 0.3 is 0 Å². The van der Waals surface area contributed by atoms with Crippen molar-refractivity contribution in [2.75, 3.05) is 17.7 Å². The number of nitrogens with zero attached hydrogens (tertiary/aromatic N) is 1. The number of hydrogen-bond acceptors (Lipinski definition) is 4. The molecule has 2 amide bonds. The standard InChI is InChI=1S/C23H22N2O4S/c1-3-19(15-10-12-17(13-11-15)30(2,28)29)24-21(26)14-25-20-9-5-7-16-6-4-8-18(22(16)20)23(25)27/h4-13,19H,3,14H2,1-2H3,(H,24,26)/t19-/m1/s1. The average Bonchev–Trinajstić information content (AvgIpc) is 2.99. The van der Waals surface area contributed by atoms with Gasteiger partial charge in [0.05, 0.1) is 16.6 Å². The molecule has 1 atom stereocenters. The maximum Gasteiger partial charge on any atom is 0.259 e. The van der Waals surface area contributed by atoms with E-state index in [9.17, 15) is 18.0 Å². The van der Waals surface area contributed by atoms with E-state index in [1.54, 1.807) is 30.3 Å². The minimum Gasteiger partial charge on any atom is -0.348 e. The predicted molar refractivity (Wildman–Crippen MR) is 116 cm³/mol. The monoisotopic (exact) mass is 422 g/mol. The lowest BCUT2D eigenvalue weighted by Gasteiger charge is -2.21. The summed E-state index contributed by atoms with van der Waals surface area (Å²) in [5.74, 6) is -0.449. The highest BCUT2D eigenvalue weighted by Gasteiger charge is 2.31. The van der Waals surface area contributed by atoms with E-state index >= 15 is 0 Å². The Morgan fingerprint density at radius 1 is 1.03 bits per heavy atom. The summed E-state index contributed by atoms with van der Waals surface area (Å²) in [6.45, 7) is 1.86. The number of amides is 2. The predicted octanol–water partition coefficient (Wildman–Crippen LogP) is 3.47. The quantitative estimate of drug-likeness (QED) is 0.659. The average molecular weight is 423 g/mol. The molecule has 0 spiro atoms. The highest BCUT2D eigenvalue weighted by molar-refractivity contribution is 7.90. The van der Waals surface area contributed by atoms with Crippen molar-refractivity contribution in [3.8, 4) is 0 Å². The minimum atomic E-state index is -3.27. The van der Waals surface area contributed by atoms with Crippen LogP contribution < -0.4 is 10.2 Å². The molecule has 0 bridgehead atoms. The van der Waals surface area contributed by atoms with Crippen LogP contribution in [0.4, 0.5) is 5.69 Å². The summed E-state index contributed by atoms with van der Waals surface area (Å²) in [5.41, 5.74) is 2.17. The molecule has 0 saturated carbocycles. The largest absolute Gasteiger partial charge is 0.348 e. The van der Waals surface area contributed by atoms with Gasteiger partial charge in [-0.25, -0.2) is 8.42 Å². The lowest BCUT2D eigenvalue weighted by molar-refractivity contribution is -0.120. The Hall–Kier alpha value is -3.19. The van der Waals surface area contributed by atoms with E-state index in [2.05, 4.69) is 5.32 Å². The lowest BCUT2D eigenvalue weighted by atomic mass is 10.0. The molecule has 0 fully saturated rings. The van der Waals surface area contributed by atoms with Crippen molar-refractivity contribution in [3.63, 3.8) is 0 Å². The van der Waals surface area contributed by atoms with Gasteiger partial charge in [0, 0.05) is 17.2 Å². The van der Waals surface area contributed by atoms with Crippen LogP contribution >= 0.6 is 0 Å². The summed E-state index contributed by atoms with van der Waals surface area (Å²) in [6.07, 6.45) is 1.79. The van der Waals surface area contributed by atoms with Gasteiger partial charge in [0.15, 0.2) is 9.84 Å². The number of sulfone groups is 1. The van der Waals surface area contributed by atoms with Gasteiger partial charge in [0.25, 0.3) is 5.91 Å². The minimum absolute atomic E-state index is 0.0788. The molecule has 30 heavy (non-hydrogen) atoms. The van der Waals surface area contributed by atoms with E-state index < -0.39 is 9.84 Å². The molecule has 0 saturated heterocycles. The van der Waals surface area contributed by atoms with Crippen LogP contribution in [-0.2, 0) is 14.6 Å². The summed E-state index contributed by atoms with van der Waals surface area (Å²) in [6, 6.07) is 17.5. The van der Waals surface area contributed by atoms with Gasteiger partial charge in [-0.1, -0.05) is 43.3 Å². The molecule has 1 N–H and O–H groups in total. The molecule has 4 rings (SSSR count). The molecule has 6 nitrogen and oxygen atoms in total. The van der Waals surface area contributed by atoms with Crippen molar-refractivity contribution >= 4 is 38.1 Å². The third kappa shape index (κ3) is 3.57. The molecule has 154 valence electrons. The van der Waals surface area contributed by atoms with E-state index in [0.717, 1.165) is 28.3 Å². The van der Waals surface area contributed by atoms with Crippen molar-refractivity contribution in [3.05, 3.63) is 71.8 Å². The van der Waals surface area contributed by atoms with Crippen molar-refractivity contribution in [2.45, 2.75) is 24.3 Å². The summed E-state index contributed by atoms with van der Waals surface area (Å²) in [5, 5.41) is 4.81. The maximum atomic E-state index is 12.9. The molecule has 3 aromatic rings. The fourth-order valence-corrected chi connectivity index (χ4v) is 4.52. The summed E-state index contributed by atoms with van der Waals surface area (Å²) >= 11 is 0. The third-order valence-electron chi connectivity index (χ3n) is 5.40. The number of benzene rings is 3. The first kappa shape index (κ1) is 20.1. The second-order valence-corrected chi connectivity index (χ2v) is 9.46. The molecule has 0 aliphatic carbocycles. The van der Waals surface area contributed by atoms with Gasteiger partial charge < -0.3 is 5.32 Å². The first-order valence-corrected chi connectivity index (χ1v) is 11.6. The van der Waals surface area contributed by atoms with E-state index in [4.69, 9.17) is 0 Å². The number of anilines is 1. The van der Waals surface area contributed by atoms with Crippen LogP contribution in [0.1, 0.15) is 35.3 Å². The normalized spacial score (nSPS) is 14.2. The van der Waals surface area contributed by atoms with Gasteiger partial charge in [-0.3, -0.25) is 14.5 Å². The third-order valence-corrected chi connectivity index (χ3v) is 6.53. The smallest absolute Gasteiger partial charge is 0.259 e. The number of hydrogen-bond donors (Lipinski definition) is 1. The molecule has 7 heteroatoms.